The van der Waals surface area contributed by atoms with Crippen LogP contribution in [0.4, 0.5) is 0 Å². The number of carbonyl (C=O) groups excluding carboxylic acids is 2. The number of halogens is 1. The number of nitrogens with one attached hydrogen (secondary N) is 1. The average molecular weight is 388 g/mol. The van der Waals surface area contributed by atoms with E-state index in [4.69, 9.17) is 0 Å². The molecule has 1 fully saturated rings. The molecule has 0 aliphatic carbocycles. The number of rotatable bonds is 4. The topological polar surface area (TPSA) is 62.3 Å². The summed E-state index contributed by atoms with van der Waals surface area (Å²) in [5.74, 6) is -0.128. The van der Waals surface area contributed by atoms with Gasteiger partial charge in [-0.25, -0.2) is 0 Å². The zero-order valence-electron chi connectivity index (χ0n) is 13.2. The summed E-state index contributed by atoms with van der Waals surface area (Å²) in [6.07, 6.45) is 5.29. The third-order valence-corrected chi connectivity index (χ3v) is 4.42. The largest absolute Gasteiger partial charge is 0.348 e. The zero-order chi connectivity index (χ0) is 16.9. The third kappa shape index (κ3) is 4.00. The number of carbonyl (C=O) groups is 2. The van der Waals surface area contributed by atoms with Crippen LogP contribution in [0.25, 0.3) is 0 Å². The van der Waals surface area contributed by atoms with Crippen LogP contribution in [0, 0.1) is 0 Å². The summed E-state index contributed by atoms with van der Waals surface area (Å²) in [5.41, 5.74) is 2.07. The quantitative estimate of drug-likeness (QED) is 0.876. The summed E-state index contributed by atoms with van der Waals surface area (Å²) >= 11 is 3.30. The van der Waals surface area contributed by atoms with Gasteiger partial charge in [-0.05, 0) is 52.5 Å². The molecule has 0 unspecified atom stereocenters. The van der Waals surface area contributed by atoms with Crippen LogP contribution in [0.1, 0.15) is 39.1 Å². The molecule has 0 bridgehead atoms. The molecule has 2 heterocycles. The Bertz CT molecular complexity index is 757. The molecule has 3 rings (SSSR count). The van der Waals surface area contributed by atoms with E-state index in [0.717, 1.165) is 36.0 Å². The molecule has 124 valence electrons. The second-order valence-electron chi connectivity index (χ2n) is 5.77. The molecule has 1 aromatic carbocycles. The smallest absolute Gasteiger partial charge is 0.253 e. The van der Waals surface area contributed by atoms with Crippen molar-refractivity contribution in [2.45, 2.75) is 19.4 Å². The standard InChI is InChI=1S/C18H18BrN3O2/c19-16-9-15(11-20-12-16)17(23)21-10-13-4-3-5-14(8-13)18(24)22-6-1-2-7-22/h3-5,8-9,11-12H,1-2,6-7,10H2,(H,21,23). The fourth-order valence-electron chi connectivity index (χ4n) is 2.74. The lowest BCUT2D eigenvalue weighted by molar-refractivity contribution is 0.0792. The first kappa shape index (κ1) is 16.6. The predicted octanol–water partition coefficient (Wildman–Crippen LogP) is 3.01. The van der Waals surface area contributed by atoms with Crippen LogP contribution in [0.15, 0.2) is 47.2 Å². The van der Waals surface area contributed by atoms with E-state index in [-0.39, 0.29) is 11.8 Å². The molecule has 0 atom stereocenters. The van der Waals surface area contributed by atoms with Gasteiger partial charge in [0, 0.05) is 42.1 Å². The average Bonchev–Trinajstić information content (AvgIpc) is 3.14. The Hall–Kier alpha value is -2.21. The summed E-state index contributed by atoms with van der Waals surface area (Å²) in [5, 5.41) is 2.85. The second kappa shape index (κ2) is 7.57. The van der Waals surface area contributed by atoms with Crippen molar-refractivity contribution in [3.8, 4) is 0 Å². The van der Waals surface area contributed by atoms with E-state index in [1.807, 2.05) is 29.2 Å². The highest BCUT2D eigenvalue weighted by Crippen LogP contribution is 2.14. The van der Waals surface area contributed by atoms with Crippen molar-refractivity contribution < 1.29 is 9.59 Å². The fraction of sp³-hybridized carbons (Fsp3) is 0.278. The molecule has 1 aromatic heterocycles. The van der Waals surface area contributed by atoms with E-state index in [1.54, 1.807) is 12.3 Å². The SMILES string of the molecule is O=C(NCc1cccc(C(=O)N2CCCC2)c1)c1cncc(Br)c1. The van der Waals surface area contributed by atoms with Gasteiger partial charge >= 0.3 is 0 Å². The van der Waals surface area contributed by atoms with Gasteiger partial charge < -0.3 is 10.2 Å². The molecule has 1 aliphatic heterocycles. The minimum atomic E-state index is -0.194. The number of amides is 2. The number of nitrogens with zero attached hydrogens (tertiary/aromatic N) is 2. The van der Waals surface area contributed by atoms with Crippen molar-refractivity contribution >= 4 is 27.7 Å². The highest BCUT2D eigenvalue weighted by atomic mass is 79.9. The van der Waals surface area contributed by atoms with Gasteiger partial charge in [-0.15, -0.1) is 0 Å². The predicted molar refractivity (Wildman–Crippen MR) is 94.7 cm³/mol. The molecule has 2 aromatic rings. The molecule has 1 saturated heterocycles. The van der Waals surface area contributed by atoms with Gasteiger partial charge in [0.2, 0.25) is 0 Å². The Labute approximate surface area is 149 Å². The minimum Gasteiger partial charge on any atom is -0.348 e. The van der Waals surface area contributed by atoms with Crippen LogP contribution in [0.5, 0.6) is 0 Å². The first-order valence-corrected chi connectivity index (χ1v) is 8.70. The van der Waals surface area contributed by atoms with E-state index < -0.39 is 0 Å². The number of hydrogen-bond acceptors (Lipinski definition) is 3. The summed E-state index contributed by atoms with van der Waals surface area (Å²) in [7, 11) is 0. The first-order chi connectivity index (χ1) is 11.6. The normalized spacial score (nSPS) is 13.8. The van der Waals surface area contributed by atoms with Gasteiger partial charge in [0.1, 0.15) is 0 Å². The molecule has 2 amide bonds. The van der Waals surface area contributed by atoms with Crippen molar-refractivity contribution in [2.24, 2.45) is 0 Å². The molecule has 0 saturated carbocycles. The monoisotopic (exact) mass is 387 g/mol. The van der Waals surface area contributed by atoms with Crippen molar-refractivity contribution in [3.63, 3.8) is 0 Å². The number of hydrogen-bond donors (Lipinski definition) is 1. The minimum absolute atomic E-state index is 0.0665. The van der Waals surface area contributed by atoms with Gasteiger partial charge in [-0.3, -0.25) is 14.6 Å². The van der Waals surface area contributed by atoms with Gasteiger partial charge in [-0.1, -0.05) is 12.1 Å². The summed E-state index contributed by atoms with van der Waals surface area (Å²) in [6, 6.07) is 9.14. The Kier molecular flexibility index (Phi) is 5.25. The third-order valence-electron chi connectivity index (χ3n) is 3.99. The number of aromatic nitrogens is 1. The van der Waals surface area contributed by atoms with Crippen LogP contribution in [0.2, 0.25) is 0 Å². The maximum absolute atomic E-state index is 12.4. The Balaban J connectivity index is 1.64. The lowest BCUT2D eigenvalue weighted by atomic mass is 10.1. The summed E-state index contributed by atoms with van der Waals surface area (Å²) in [6.45, 7) is 2.03. The van der Waals surface area contributed by atoms with Gasteiger partial charge in [0.25, 0.3) is 11.8 Å². The van der Waals surface area contributed by atoms with E-state index in [2.05, 4.69) is 26.2 Å². The molecule has 1 N–H and O–H groups in total. The highest BCUT2D eigenvalue weighted by molar-refractivity contribution is 9.10. The fourth-order valence-corrected chi connectivity index (χ4v) is 3.10. The molecular weight excluding hydrogens is 370 g/mol. The molecule has 24 heavy (non-hydrogen) atoms. The molecule has 5 nitrogen and oxygen atoms in total. The molecule has 0 spiro atoms. The zero-order valence-corrected chi connectivity index (χ0v) is 14.8. The Morgan fingerprint density at radius 2 is 1.92 bits per heavy atom. The Morgan fingerprint density at radius 1 is 1.12 bits per heavy atom. The van der Waals surface area contributed by atoms with Crippen LogP contribution >= 0.6 is 15.9 Å². The van der Waals surface area contributed by atoms with E-state index in [1.165, 1.54) is 6.20 Å². The van der Waals surface area contributed by atoms with Crippen molar-refractivity contribution in [3.05, 3.63) is 63.9 Å². The van der Waals surface area contributed by atoms with E-state index >= 15 is 0 Å². The van der Waals surface area contributed by atoms with E-state index in [9.17, 15) is 9.59 Å². The highest BCUT2D eigenvalue weighted by Gasteiger charge is 2.19. The number of benzene rings is 1. The van der Waals surface area contributed by atoms with Gasteiger partial charge in [0.05, 0.1) is 5.56 Å². The molecule has 6 heteroatoms. The van der Waals surface area contributed by atoms with Gasteiger partial charge in [-0.2, -0.15) is 0 Å². The molecule has 0 radical (unpaired) electrons. The molecule has 1 aliphatic rings. The van der Waals surface area contributed by atoms with Crippen molar-refractivity contribution in [2.75, 3.05) is 13.1 Å². The van der Waals surface area contributed by atoms with Crippen LogP contribution in [-0.2, 0) is 6.54 Å². The number of pyridine rings is 1. The van der Waals surface area contributed by atoms with Crippen LogP contribution in [0.3, 0.4) is 0 Å². The van der Waals surface area contributed by atoms with Crippen molar-refractivity contribution in [1.82, 2.24) is 15.2 Å². The summed E-state index contributed by atoms with van der Waals surface area (Å²) in [4.78, 5) is 30.4. The number of likely N-dealkylation sites (tertiary alicyclic amines) is 1. The lowest BCUT2D eigenvalue weighted by Gasteiger charge is -2.15. The second-order valence-corrected chi connectivity index (χ2v) is 6.69. The summed E-state index contributed by atoms with van der Waals surface area (Å²) < 4.78 is 0.758. The maximum Gasteiger partial charge on any atom is 0.253 e. The van der Waals surface area contributed by atoms with Gasteiger partial charge in [0.15, 0.2) is 0 Å². The van der Waals surface area contributed by atoms with Crippen molar-refractivity contribution in [1.29, 1.82) is 0 Å². The lowest BCUT2D eigenvalue weighted by Crippen LogP contribution is -2.28. The van der Waals surface area contributed by atoms with E-state index in [0.29, 0.717) is 17.7 Å². The molecular formula is C18H18BrN3O2. The van der Waals surface area contributed by atoms with Crippen LogP contribution < -0.4 is 5.32 Å². The maximum atomic E-state index is 12.4. The Morgan fingerprint density at radius 3 is 2.67 bits per heavy atom. The van der Waals surface area contributed by atoms with Crippen LogP contribution in [-0.4, -0.2) is 34.8 Å². The first-order valence-electron chi connectivity index (χ1n) is 7.90.